The number of carboxylic acid groups (broad SMARTS) is 1. The maximum absolute atomic E-state index is 11.9. The predicted octanol–water partition coefficient (Wildman–Crippen LogP) is 3.05. The van der Waals surface area contributed by atoms with Crippen molar-refractivity contribution in [3.8, 4) is 0 Å². The Labute approximate surface area is 129 Å². The lowest BCUT2D eigenvalue weighted by atomic mass is 9.84. The van der Waals surface area contributed by atoms with Crippen molar-refractivity contribution < 1.29 is 24.6 Å². The third kappa shape index (κ3) is 4.21. The maximum atomic E-state index is 11.9. The Morgan fingerprint density at radius 1 is 1.18 bits per heavy atom. The zero-order chi connectivity index (χ0) is 15.9. The molecule has 0 saturated heterocycles. The highest BCUT2D eigenvalue weighted by Gasteiger charge is 2.37. The largest absolute Gasteiger partial charge is 0.480 e. The van der Waals surface area contributed by atoms with E-state index in [-0.39, 0.29) is 17.6 Å². The van der Waals surface area contributed by atoms with Gasteiger partial charge in [-0.2, -0.15) is 5.06 Å². The summed E-state index contributed by atoms with van der Waals surface area (Å²) in [4.78, 5) is 23.3. The van der Waals surface area contributed by atoms with Crippen LogP contribution in [0.15, 0.2) is 30.3 Å². The molecule has 1 atom stereocenters. The number of aliphatic carboxylic acids is 1. The van der Waals surface area contributed by atoms with E-state index in [1.165, 1.54) is 0 Å². The zero-order valence-electron chi connectivity index (χ0n) is 12.4. The summed E-state index contributed by atoms with van der Waals surface area (Å²) in [6, 6.07) is 7.77. The lowest BCUT2D eigenvalue weighted by Crippen LogP contribution is -2.48. The van der Waals surface area contributed by atoms with Gasteiger partial charge in [0.15, 0.2) is 6.04 Å². The number of carbonyl (C=O) groups excluding carboxylic acids is 1. The van der Waals surface area contributed by atoms with E-state index in [2.05, 4.69) is 0 Å². The van der Waals surface area contributed by atoms with Crippen molar-refractivity contribution in [3.63, 3.8) is 0 Å². The van der Waals surface area contributed by atoms with Gasteiger partial charge in [-0.05, 0) is 24.3 Å². The van der Waals surface area contributed by atoms with Crippen LogP contribution in [0.5, 0.6) is 0 Å². The standard InChI is InChI=1S/C16H21NO5/c18-15(19)14(13-9-5-2-6-10-13)17(21)16(20)22-11-12-7-3-1-4-8-12/h1,3-4,7-8,13-14,21H,2,5-6,9-11H2,(H,18,19). The molecule has 1 aromatic rings. The highest BCUT2D eigenvalue weighted by molar-refractivity contribution is 5.79. The average molecular weight is 307 g/mol. The van der Waals surface area contributed by atoms with Crippen molar-refractivity contribution >= 4 is 12.1 Å². The fourth-order valence-electron chi connectivity index (χ4n) is 2.85. The predicted molar refractivity (Wildman–Crippen MR) is 78.3 cm³/mol. The van der Waals surface area contributed by atoms with Crippen molar-refractivity contribution in [2.24, 2.45) is 5.92 Å². The molecule has 0 heterocycles. The van der Waals surface area contributed by atoms with E-state index in [0.29, 0.717) is 12.8 Å². The highest BCUT2D eigenvalue weighted by Crippen LogP contribution is 2.29. The fraction of sp³-hybridized carbons (Fsp3) is 0.500. The second kappa shape index (κ2) is 7.79. The normalized spacial score (nSPS) is 16.8. The first-order valence-electron chi connectivity index (χ1n) is 7.51. The molecule has 22 heavy (non-hydrogen) atoms. The summed E-state index contributed by atoms with van der Waals surface area (Å²) >= 11 is 0. The Morgan fingerprint density at radius 3 is 2.41 bits per heavy atom. The summed E-state index contributed by atoms with van der Waals surface area (Å²) in [5.41, 5.74) is 0.772. The molecule has 1 saturated carbocycles. The zero-order valence-corrected chi connectivity index (χ0v) is 12.4. The number of carbonyl (C=O) groups is 2. The van der Waals surface area contributed by atoms with Crippen LogP contribution in [0.1, 0.15) is 37.7 Å². The van der Waals surface area contributed by atoms with E-state index < -0.39 is 18.1 Å². The lowest BCUT2D eigenvalue weighted by molar-refractivity contribution is -0.169. The number of benzene rings is 1. The van der Waals surface area contributed by atoms with Crippen LogP contribution in [0.2, 0.25) is 0 Å². The van der Waals surface area contributed by atoms with E-state index in [4.69, 9.17) is 4.74 Å². The minimum Gasteiger partial charge on any atom is -0.480 e. The molecule has 1 aromatic carbocycles. The number of amides is 1. The summed E-state index contributed by atoms with van der Waals surface area (Å²) in [7, 11) is 0. The van der Waals surface area contributed by atoms with Crippen molar-refractivity contribution in [1.82, 2.24) is 5.06 Å². The van der Waals surface area contributed by atoms with Crippen LogP contribution >= 0.6 is 0 Å². The second-order valence-corrected chi connectivity index (χ2v) is 5.57. The fourth-order valence-corrected chi connectivity index (χ4v) is 2.85. The monoisotopic (exact) mass is 307 g/mol. The number of hydrogen-bond acceptors (Lipinski definition) is 4. The van der Waals surface area contributed by atoms with Crippen LogP contribution in [0.3, 0.4) is 0 Å². The van der Waals surface area contributed by atoms with E-state index in [1.54, 1.807) is 12.1 Å². The first-order valence-corrected chi connectivity index (χ1v) is 7.51. The third-order valence-electron chi connectivity index (χ3n) is 4.01. The van der Waals surface area contributed by atoms with Crippen LogP contribution in [0, 0.1) is 5.92 Å². The molecule has 0 bridgehead atoms. The van der Waals surface area contributed by atoms with Gasteiger partial charge >= 0.3 is 12.1 Å². The second-order valence-electron chi connectivity index (χ2n) is 5.57. The SMILES string of the molecule is O=C(O)C(C1CCCCC1)N(O)C(=O)OCc1ccccc1. The van der Waals surface area contributed by atoms with Crippen LogP contribution in [-0.4, -0.2) is 33.5 Å². The minimum atomic E-state index is -1.25. The molecule has 120 valence electrons. The quantitative estimate of drug-likeness (QED) is 0.645. The molecule has 2 N–H and O–H groups in total. The van der Waals surface area contributed by atoms with Crippen LogP contribution in [0.25, 0.3) is 0 Å². The number of nitrogens with zero attached hydrogens (tertiary/aromatic N) is 1. The first-order chi connectivity index (χ1) is 10.6. The molecule has 1 aliphatic carbocycles. The Bertz CT molecular complexity index is 499. The molecule has 6 nitrogen and oxygen atoms in total. The number of hydrogen-bond donors (Lipinski definition) is 2. The van der Waals surface area contributed by atoms with Crippen molar-refractivity contribution in [2.45, 2.75) is 44.8 Å². The minimum absolute atomic E-state index is 0.00621. The highest BCUT2D eigenvalue weighted by atomic mass is 16.6. The third-order valence-corrected chi connectivity index (χ3v) is 4.01. The Hall–Kier alpha value is -2.08. The average Bonchev–Trinajstić information content (AvgIpc) is 2.54. The molecule has 1 unspecified atom stereocenters. The summed E-state index contributed by atoms with van der Waals surface area (Å²) in [5.74, 6) is -1.44. The molecule has 0 aromatic heterocycles. The van der Waals surface area contributed by atoms with E-state index >= 15 is 0 Å². The molecule has 1 fully saturated rings. The molecule has 0 radical (unpaired) electrons. The summed E-state index contributed by atoms with van der Waals surface area (Å²) in [6.45, 7) is -0.00621. The van der Waals surface area contributed by atoms with Crippen molar-refractivity contribution in [1.29, 1.82) is 0 Å². The number of carboxylic acids is 1. The van der Waals surface area contributed by atoms with Crippen LogP contribution in [0.4, 0.5) is 4.79 Å². The van der Waals surface area contributed by atoms with Gasteiger partial charge in [0.05, 0.1) is 0 Å². The number of ether oxygens (including phenoxy) is 1. The Morgan fingerprint density at radius 2 is 1.82 bits per heavy atom. The molecule has 0 spiro atoms. The molecule has 6 heteroatoms. The summed E-state index contributed by atoms with van der Waals surface area (Å²) < 4.78 is 4.99. The van der Waals surface area contributed by atoms with Gasteiger partial charge in [0.25, 0.3) is 0 Å². The van der Waals surface area contributed by atoms with Gasteiger partial charge < -0.3 is 9.84 Å². The van der Waals surface area contributed by atoms with Gasteiger partial charge in [0, 0.05) is 0 Å². The Kier molecular flexibility index (Phi) is 5.77. The van der Waals surface area contributed by atoms with Gasteiger partial charge in [0.2, 0.25) is 0 Å². The molecule has 2 rings (SSSR count). The van der Waals surface area contributed by atoms with Gasteiger partial charge in [0.1, 0.15) is 6.61 Å². The van der Waals surface area contributed by atoms with Crippen molar-refractivity contribution in [3.05, 3.63) is 35.9 Å². The molecular weight excluding hydrogens is 286 g/mol. The summed E-state index contributed by atoms with van der Waals surface area (Å²) in [6.07, 6.45) is 3.26. The van der Waals surface area contributed by atoms with Crippen molar-refractivity contribution in [2.75, 3.05) is 0 Å². The summed E-state index contributed by atoms with van der Waals surface area (Å²) in [5, 5.41) is 19.5. The molecular formula is C16H21NO5. The topological polar surface area (TPSA) is 87.1 Å². The van der Waals surface area contributed by atoms with E-state index in [9.17, 15) is 19.9 Å². The maximum Gasteiger partial charge on any atom is 0.434 e. The molecule has 1 aliphatic rings. The number of rotatable bonds is 5. The molecule has 0 aliphatic heterocycles. The van der Waals surface area contributed by atoms with Gasteiger partial charge in [-0.3, -0.25) is 5.21 Å². The lowest BCUT2D eigenvalue weighted by Gasteiger charge is -2.31. The van der Waals surface area contributed by atoms with Crippen LogP contribution in [-0.2, 0) is 16.1 Å². The van der Waals surface area contributed by atoms with Gasteiger partial charge in [-0.25, -0.2) is 9.59 Å². The number of hydroxylamine groups is 2. The van der Waals surface area contributed by atoms with Crippen LogP contribution < -0.4 is 0 Å². The Balaban J connectivity index is 1.95. The van der Waals surface area contributed by atoms with Gasteiger partial charge in [-0.15, -0.1) is 0 Å². The first kappa shape index (κ1) is 16.3. The van der Waals surface area contributed by atoms with Gasteiger partial charge in [-0.1, -0.05) is 49.6 Å². The molecule has 1 amide bonds. The smallest absolute Gasteiger partial charge is 0.434 e. The van der Waals surface area contributed by atoms with E-state index in [1.807, 2.05) is 18.2 Å². The van der Waals surface area contributed by atoms with E-state index in [0.717, 1.165) is 24.8 Å².